The minimum absolute atomic E-state index is 0. The molecule has 0 atom stereocenters. The fourth-order valence-electron chi connectivity index (χ4n) is 4.03. The van der Waals surface area contributed by atoms with Crippen molar-refractivity contribution in [2.45, 2.75) is 0 Å². The van der Waals surface area contributed by atoms with Gasteiger partial charge < -0.3 is 14.7 Å². The first-order valence-electron chi connectivity index (χ1n) is 10.4. The van der Waals surface area contributed by atoms with Crippen molar-refractivity contribution >= 4 is 46.4 Å². The van der Waals surface area contributed by atoms with Gasteiger partial charge in [0.25, 0.3) is 0 Å². The number of hydrogen-bond acceptors (Lipinski definition) is 3. The van der Waals surface area contributed by atoms with E-state index in [1.165, 1.54) is 0 Å². The topological polar surface area (TPSA) is 66.6 Å². The van der Waals surface area contributed by atoms with Crippen molar-refractivity contribution in [1.82, 2.24) is 19.9 Å². The largest absolute Gasteiger partial charge is 0.497 e. The van der Waals surface area contributed by atoms with Crippen LogP contribution < -0.4 is 4.74 Å². The molecule has 0 aliphatic carbocycles. The zero-order valence-corrected chi connectivity index (χ0v) is 19.1. The Morgan fingerprint density at radius 1 is 0.606 bits per heavy atom. The van der Waals surface area contributed by atoms with E-state index in [4.69, 9.17) is 14.7 Å². The number of nitrogens with one attached hydrogen (secondary N) is 2. The number of methoxy groups -OCH3 is 1. The van der Waals surface area contributed by atoms with Gasteiger partial charge in [0.2, 0.25) is 0 Å². The number of hydrogen-bond donors (Lipinski definition) is 2. The first kappa shape index (κ1) is 21.0. The van der Waals surface area contributed by atoms with Gasteiger partial charge in [0.15, 0.2) is 0 Å². The van der Waals surface area contributed by atoms with E-state index >= 15 is 0 Å². The molecule has 2 aliphatic heterocycles. The van der Waals surface area contributed by atoms with E-state index in [1.807, 2.05) is 48.6 Å². The summed E-state index contributed by atoms with van der Waals surface area (Å²) >= 11 is 0. The monoisotopic (exact) mass is 468 g/mol. The quantitative estimate of drug-likeness (QED) is 0.312. The molecule has 0 spiro atoms. The molecule has 0 radical (unpaired) electrons. The maximum atomic E-state index is 5.32. The molecule has 3 aromatic heterocycles. The second kappa shape index (κ2) is 8.59. The fourth-order valence-corrected chi connectivity index (χ4v) is 4.03. The zero-order chi connectivity index (χ0) is 21.5. The molecule has 1 aromatic carbocycles. The van der Waals surface area contributed by atoms with Crippen LogP contribution in [0.5, 0.6) is 5.75 Å². The molecule has 6 heteroatoms. The Balaban J connectivity index is 0.00000228. The van der Waals surface area contributed by atoms with E-state index < -0.39 is 0 Å². The van der Waals surface area contributed by atoms with Crippen LogP contribution in [0.15, 0.2) is 66.7 Å². The number of ether oxygens (including phenoxy) is 1. The normalized spacial score (nSPS) is 11.9. The molecule has 0 unspecified atom stereocenters. The SMILES string of the molecule is COc1ccc(-c2cc3cc4nc(cc5ccc(cc6nc(cc2[nH]3)C=C6)[nH]5)C=C4)cc1.[Cr]. The molecular formula is C27H20CrN4O. The van der Waals surface area contributed by atoms with Crippen LogP contribution in [0.4, 0.5) is 0 Å². The number of rotatable bonds is 2. The van der Waals surface area contributed by atoms with Crippen molar-refractivity contribution in [3.05, 3.63) is 89.5 Å². The Morgan fingerprint density at radius 2 is 1.15 bits per heavy atom. The molecular weight excluding hydrogens is 448 g/mol. The molecule has 8 bridgehead atoms. The average molecular weight is 468 g/mol. The van der Waals surface area contributed by atoms with Gasteiger partial charge in [0, 0.05) is 45.0 Å². The van der Waals surface area contributed by atoms with Crippen LogP contribution in [0.25, 0.3) is 57.5 Å². The molecule has 2 N–H and O–H groups in total. The van der Waals surface area contributed by atoms with Crippen LogP contribution in [-0.4, -0.2) is 27.0 Å². The zero-order valence-electron chi connectivity index (χ0n) is 17.9. The number of fused-ring (bicyclic) bond motifs is 8. The Hall–Kier alpha value is -3.85. The third-order valence-electron chi connectivity index (χ3n) is 5.57. The van der Waals surface area contributed by atoms with Crippen LogP contribution in [0.2, 0.25) is 0 Å². The fraction of sp³-hybridized carbons (Fsp3) is 0.0370. The smallest absolute Gasteiger partial charge is 0.118 e. The van der Waals surface area contributed by atoms with Gasteiger partial charge in [-0.05, 0) is 84.5 Å². The van der Waals surface area contributed by atoms with E-state index in [9.17, 15) is 0 Å². The Morgan fingerprint density at radius 3 is 1.73 bits per heavy atom. The van der Waals surface area contributed by atoms with Crippen LogP contribution in [-0.2, 0) is 17.4 Å². The Bertz CT molecular complexity index is 1560. The Labute approximate surface area is 201 Å². The average Bonchev–Trinajstić information content (AvgIpc) is 3.59. The van der Waals surface area contributed by atoms with Crippen LogP contribution in [0.3, 0.4) is 0 Å². The van der Waals surface area contributed by atoms with E-state index in [0.717, 1.165) is 61.7 Å². The number of nitrogens with zero attached hydrogens (tertiary/aromatic N) is 2. The van der Waals surface area contributed by atoms with Crippen LogP contribution in [0, 0.1) is 0 Å². The summed E-state index contributed by atoms with van der Waals surface area (Å²) in [7, 11) is 1.68. The van der Waals surface area contributed by atoms with Gasteiger partial charge in [-0.1, -0.05) is 12.1 Å². The first-order chi connectivity index (χ1) is 15.7. The Kier molecular flexibility index (Phi) is 5.47. The molecule has 5 nitrogen and oxygen atoms in total. The van der Waals surface area contributed by atoms with E-state index in [1.54, 1.807) is 7.11 Å². The van der Waals surface area contributed by atoms with Gasteiger partial charge in [-0.25, -0.2) is 9.97 Å². The second-order valence-corrected chi connectivity index (χ2v) is 7.82. The van der Waals surface area contributed by atoms with E-state index in [2.05, 4.69) is 52.4 Å². The summed E-state index contributed by atoms with van der Waals surface area (Å²) in [6.07, 6.45) is 8.12. The molecule has 0 saturated carbocycles. The predicted octanol–water partition coefficient (Wildman–Crippen LogP) is 6.33. The number of aromatic nitrogens is 4. The van der Waals surface area contributed by atoms with Gasteiger partial charge in [-0.2, -0.15) is 0 Å². The third kappa shape index (κ3) is 4.27. The van der Waals surface area contributed by atoms with Crippen molar-refractivity contribution < 1.29 is 22.1 Å². The summed E-state index contributed by atoms with van der Waals surface area (Å²) in [5, 5.41) is 0. The molecule has 4 aromatic rings. The van der Waals surface area contributed by atoms with Crippen molar-refractivity contribution in [2.24, 2.45) is 0 Å². The van der Waals surface area contributed by atoms with Crippen molar-refractivity contribution in [1.29, 1.82) is 0 Å². The summed E-state index contributed by atoms with van der Waals surface area (Å²) in [4.78, 5) is 16.5. The maximum absolute atomic E-state index is 5.32. The molecule has 0 fully saturated rings. The molecule has 0 saturated heterocycles. The molecule has 33 heavy (non-hydrogen) atoms. The minimum atomic E-state index is 0. The number of benzene rings is 1. The van der Waals surface area contributed by atoms with E-state index in [0.29, 0.717) is 0 Å². The molecule has 6 rings (SSSR count). The summed E-state index contributed by atoms with van der Waals surface area (Å²) in [6, 6.07) is 22.6. The van der Waals surface area contributed by atoms with Crippen molar-refractivity contribution in [3.8, 4) is 16.9 Å². The predicted molar refractivity (Wildman–Crippen MR) is 131 cm³/mol. The van der Waals surface area contributed by atoms with Crippen molar-refractivity contribution in [3.63, 3.8) is 0 Å². The van der Waals surface area contributed by atoms with Gasteiger partial charge in [0.05, 0.1) is 29.9 Å². The number of aromatic amines is 2. The van der Waals surface area contributed by atoms with Gasteiger partial charge >= 0.3 is 0 Å². The minimum Gasteiger partial charge on any atom is -0.497 e. The molecule has 5 heterocycles. The van der Waals surface area contributed by atoms with Crippen molar-refractivity contribution in [2.75, 3.05) is 7.11 Å². The summed E-state index contributed by atoms with van der Waals surface area (Å²) in [5.41, 5.74) is 9.84. The van der Waals surface area contributed by atoms with Gasteiger partial charge in [0.1, 0.15) is 5.75 Å². The standard InChI is InChI=1S/C27H20N4O.Cr/c1-32-25-10-2-17(3-11-25)26-15-24-14-22-7-6-20(29-22)12-18-4-5-19(28-18)13-21-8-9-23(30-21)16-27(26)31-24;/h2-16,28,31H,1H3;. The summed E-state index contributed by atoms with van der Waals surface area (Å²) in [5.74, 6) is 0.835. The van der Waals surface area contributed by atoms with Gasteiger partial charge in [-0.3, -0.25) is 0 Å². The first-order valence-corrected chi connectivity index (χ1v) is 10.4. The van der Waals surface area contributed by atoms with Crippen LogP contribution in [0.1, 0.15) is 22.8 Å². The van der Waals surface area contributed by atoms with Gasteiger partial charge in [-0.15, -0.1) is 0 Å². The van der Waals surface area contributed by atoms with E-state index in [-0.39, 0.29) is 17.4 Å². The molecule has 2 aliphatic rings. The third-order valence-corrected chi connectivity index (χ3v) is 5.57. The summed E-state index contributed by atoms with van der Waals surface area (Å²) in [6.45, 7) is 0. The molecule has 160 valence electrons. The molecule has 0 amide bonds. The maximum Gasteiger partial charge on any atom is 0.118 e. The summed E-state index contributed by atoms with van der Waals surface area (Å²) < 4.78 is 5.32. The number of H-pyrrole nitrogens is 2. The van der Waals surface area contributed by atoms with Crippen LogP contribution >= 0.6 is 0 Å². The second-order valence-electron chi connectivity index (χ2n) is 7.82.